The van der Waals surface area contributed by atoms with E-state index in [4.69, 9.17) is 10.5 Å². The average molecular weight is 258 g/mol. The van der Waals surface area contributed by atoms with Crippen LogP contribution >= 0.6 is 0 Å². The Bertz CT molecular complexity index is 442. The Labute approximate surface area is 115 Å². The molecule has 0 spiro atoms. The van der Waals surface area contributed by atoms with E-state index in [1.54, 1.807) is 0 Å². The van der Waals surface area contributed by atoms with Gasteiger partial charge in [0.1, 0.15) is 5.75 Å². The van der Waals surface area contributed by atoms with Gasteiger partial charge < -0.3 is 15.4 Å². The van der Waals surface area contributed by atoms with E-state index in [9.17, 15) is 0 Å². The largest absolute Gasteiger partial charge is 0.492 e. The van der Waals surface area contributed by atoms with Crippen LogP contribution < -0.4 is 10.5 Å². The predicted octanol–water partition coefficient (Wildman–Crippen LogP) is 1.86. The lowest BCUT2D eigenvalue weighted by Gasteiger charge is -2.14. The van der Waals surface area contributed by atoms with Gasteiger partial charge in [-0.1, -0.05) is 24.0 Å². The fourth-order valence-corrected chi connectivity index (χ4v) is 2.32. The van der Waals surface area contributed by atoms with Crippen LogP contribution in [0.2, 0.25) is 0 Å². The maximum absolute atomic E-state index is 5.82. The summed E-state index contributed by atoms with van der Waals surface area (Å²) in [5, 5.41) is 0. The molecule has 0 bridgehead atoms. The van der Waals surface area contributed by atoms with Crippen LogP contribution in [-0.4, -0.2) is 37.7 Å². The maximum atomic E-state index is 5.82. The van der Waals surface area contributed by atoms with Gasteiger partial charge in [-0.3, -0.25) is 0 Å². The lowest BCUT2D eigenvalue weighted by Crippen LogP contribution is -2.21. The van der Waals surface area contributed by atoms with Gasteiger partial charge in [0.25, 0.3) is 0 Å². The van der Waals surface area contributed by atoms with Gasteiger partial charge in [0.05, 0.1) is 18.7 Å². The monoisotopic (exact) mass is 258 g/mol. The van der Waals surface area contributed by atoms with Crippen LogP contribution in [0.5, 0.6) is 5.75 Å². The fraction of sp³-hybridized carbons (Fsp3) is 0.500. The molecule has 0 aromatic heterocycles. The molecule has 19 heavy (non-hydrogen) atoms. The number of ether oxygens (including phenoxy) is 1. The second kappa shape index (κ2) is 7.83. The zero-order valence-electron chi connectivity index (χ0n) is 11.4. The Kier molecular flexibility index (Phi) is 5.74. The van der Waals surface area contributed by atoms with Crippen molar-refractivity contribution in [2.75, 3.05) is 32.8 Å². The van der Waals surface area contributed by atoms with Gasteiger partial charge in [-0.25, -0.2) is 0 Å². The Balaban J connectivity index is 1.78. The van der Waals surface area contributed by atoms with Crippen LogP contribution in [0, 0.1) is 11.8 Å². The summed E-state index contributed by atoms with van der Waals surface area (Å²) >= 11 is 0. The number of nitrogens with two attached hydrogens (primary N) is 1. The highest BCUT2D eigenvalue weighted by Crippen LogP contribution is 2.17. The van der Waals surface area contributed by atoms with Crippen molar-refractivity contribution >= 4 is 0 Å². The molecule has 102 valence electrons. The van der Waals surface area contributed by atoms with Crippen molar-refractivity contribution in [2.24, 2.45) is 5.73 Å². The molecule has 1 heterocycles. The molecule has 1 aliphatic heterocycles. The number of nitrogens with zero attached hydrogens (tertiary/aromatic N) is 1. The summed E-state index contributed by atoms with van der Waals surface area (Å²) in [6, 6.07) is 7.88. The summed E-state index contributed by atoms with van der Waals surface area (Å²) in [5.74, 6) is 6.78. The molecule has 2 rings (SSSR count). The van der Waals surface area contributed by atoms with Crippen molar-refractivity contribution in [1.82, 2.24) is 4.90 Å². The summed E-state index contributed by atoms with van der Waals surface area (Å²) in [5.41, 5.74) is 6.32. The summed E-state index contributed by atoms with van der Waals surface area (Å²) in [6.45, 7) is 4.76. The van der Waals surface area contributed by atoms with E-state index in [0.29, 0.717) is 6.54 Å². The highest BCUT2D eigenvalue weighted by molar-refractivity contribution is 5.45. The highest BCUT2D eigenvalue weighted by Gasteiger charge is 2.10. The predicted molar refractivity (Wildman–Crippen MR) is 78.2 cm³/mol. The zero-order valence-corrected chi connectivity index (χ0v) is 11.4. The van der Waals surface area contributed by atoms with E-state index in [-0.39, 0.29) is 0 Å². The minimum atomic E-state index is 0.378. The first-order valence-corrected chi connectivity index (χ1v) is 7.03. The van der Waals surface area contributed by atoms with E-state index < -0.39 is 0 Å². The lowest BCUT2D eigenvalue weighted by atomic mass is 10.2. The van der Waals surface area contributed by atoms with Crippen LogP contribution in [0.4, 0.5) is 0 Å². The molecule has 1 fully saturated rings. The number of para-hydroxylation sites is 1. The topological polar surface area (TPSA) is 38.5 Å². The molecule has 0 radical (unpaired) electrons. The number of likely N-dealkylation sites (tertiary alicyclic amines) is 1. The van der Waals surface area contributed by atoms with Crippen LogP contribution in [0.1, 0.15) is 24.8 Å². The summed E-state index contributed by atoms with van der Waals surface area (Å²) in [7, 11) is 0. The molecule has 3 nitrogen and oxygen atoms in total. The number of hydrogen-bond acceptors (Lipinski definition) is 3. The summed E-state index contributed by atoms with van der Waals surface area (Å²) in [6.07, 6.45) is 3.76. The third kappa shape index (κ3) is 4.59. The molecule has 0 aliphatic carbocycles. The number of benzene rings is 1. The van der Waals surface area contributed by atoms with Crippen molar-refractivity contribution in [2.45, 2.75) is 19.3 Å². The molecule has 3 heteroatoms. The van der Waals surface area contributed by atoms with Crippen molar-refractivity contribution < 1.29 is 4.74 Å². The zero-order chi connectivity index (χ0) is 13.3. The van der Waals surface area contributed by atoms with Crippen molar-refractivity contribution in [3.8, 4) is 17.6 Å². The molecule has 0 saturated carbocycles. The van der Waals surface area contributed by atoms with Crippen LogP contribution in [0.25, 0.3) is 0 Å². The first kappa shape index (κ1) is 13.9. The van der Waals surface area contributed by atoms with Gasteiger partial charge in [-0.2, -0.15) is 0 Å². The second-order valence-corrected chi connectivity index (χ2v) is 4.75. The second-order valence-electron chi connectivity index (χ2n) is 4.75. The SMILES string of the molecule is NCC#Cc1ccccc1OCCCN1CCCC1. The Morgan fingerprint density at radius 1 is 1.21 bits per heavy atom. The Morgan fingerprint density at radius 3 is 2.79 bits per heavy atom. The third-order valence-electron chi connectivity index (χ3n) is 3.29. The van der Waals surface area contributed by atoms with E-state index >= 15 is 0 Å². The smallest absolute Gasteiger partial charge is 0.134 e. The van der Waals surface area contributed by atoms with Gasteiger partial charge in [0.15, 0.2) is 0 Å². The highest BCUT2D eigenvalue weighted by atomic mass is 16.5. The lowest BCUT2D eigenvalue weighted by molar-refractivity contribution is 0.263. The van der Waals surface area contributed by atoms with Crippen molar-refractivity contribution in [3.05, 3.63) is 29.8 Å². The number of rotatable bonds is 5. The molecule has 1 saturated heterocycles. The molecule has 1 aromatic rings. The van der Waals surface area contributed by atoms with Gasteiger partial charge in [0, 0.05) is 6.54 Å². The van der Waals surface area contributed by atoms with Gasteiger partial charge in [0.2, 0.25) is 0 Å². The third-order valence-corrected chi connectivity index (χ3v) is 3.29. The van der Waals surface area contributed by atoms with Crippen molar-refractivity contribution in [3.63, 3.8) is 0 Å². The molecule has 2 N–H and O–H groups in total. The van der Waals surface area contributed by atoms with E-state index in [0.717, 1.165) is 30.9 Å². The first-order valence-electron chi connectivity index (χ1n) is 7.03. The first-order chi connectivity index (χ1) is 9.40. The number of hydrogen-bond donors (Lipinski definition) is 1. The van der Waals surface area contributed by atoms with Crippen molar-refractivity contribution in [1.29, 1.82) is 0 Å². The van der Waals surface area contributed by atoms with Crippen LogP contribution in [0.3, 0.4) is 0 Å². The Hall–Kier alpha value is -1.50. The average Bonchev–Trinajstić information content (AvgIpc) is 2.95. The molecule has 1 aromatic carbocycles. The summed E-state index contributed by atoms with van der Waals surface area (Å²) in [4.78, 5) is 2.50. The molecule has 1 aliphatic rings. The quantitative estimate of drug-likeness (QED) is 0.647. The van der Waals surface area contributed by atoms with E-state index in [1.807, 2.05) is 24.3 Å². The van der Waals surface area contributed by atoms with E-state index in [2.05, 4.69) is 16.7 Å². The van der Waals surface area contributed by atoms with Crippen LogP contribution in [0.15, 0.2) is 24.3 Å². The maximum Gasteiger partial charge on any atom is 0.134 e. The summed E-state index contributed by atoms with van der Waals surface area (Å²) < 4.78 is 5.82. The molecule has 0 atom stereocenters. The van der Waals surface area contributed by atoms with E-state index in [1.165, 1.54) is 25.9 Å². The fourth-order valence-electron chi connectivity index (χ4n) is 2.32. The molecular weight excluding hydrogens is 236 g/mol. The van der Waals surface area contributed by atoms with Gasteiger partial charge >= 0.3 is 0 Å². The Morgan fingerprint density at radius 2 is 2.00 bits per heavy atom. The standard InChI is InChI=1S/C16H22N2O/c17-10-5-8-15-7-1-2-9-16(15)19-14-6-13-18-11-3-4-12-18/h1-2,7,9H,3-4,6,10-14,17H2. The molecule has 0 amide bonds. The minimum absolute atomic E-state index is 0.378. The van der Waals surface area contributed by atoms with Gasteiger partial charge in [-0.05, 0) is 44.5 Å². The van der Waals surface area contributed by atoms with Crippen LogP contribution in [-0.2, 0) is 0 Å². The van der Waals surface area contributed by atoms with Gasteiger partial charge in [-0.15, -0.1) is 0 Å². The molecule has 0 unspecified atom stereocenters. The minimum Gasteiger partial charge on any atom is -0.492 e. The normalized spacial score (nSPS) is 15.0. The molecular formula is C16H22N2O.